The van der Waals surface area contributed by atoms with Gasteiger partial charge >= 0.3 is 6.18 Å². The van der Waals surface area contributed by atoms with E-state index in [9.17, 15) is 13.2 Å². The molecule has 3 heterocycles. The highest BCUT2D eigenvalue weighted by Gasteiger charge is 2.31. The van der Waals surface area contributed by atoms with Crippen molar-refractivity contribution in [3.63, 3.8) is 0 Å². The minimum Gasteiger partial charge on any atom is -0.381 e. The largest absolute Gasteiger partial charge is 0.417 e. The number of anilines is 1. The average molecular weight is 330 g/mol. The molecule has 0 unspecified atom stereocenters. The lowest BCUT2D eigenvalue weighted by Crippen LogP contribution is -2.39. The molecule has 0 aliphatic carbocycles. The molecule has 0 bridgehead atoms. The van der Waals surface area contributed by atoms with Crippen LogP contribution >= 0.6 is 0 Å². The third kappa shape index (κ3) is 4.35. The van der Waals surface area contributed by atoms with E-state index in [4.69, 9.17) is 9.47 Å². The molecule has 0 saturated carbocycles. The van der Waals surface area contributed by atoms with Gasteiger partial charge in [0.1, 0.15) is 5.82 Å². The monoisotopic (exact) mass is 330 g/mol. The summed E-state index contributed by atoms with van der Waals surface area (Å²) in [6.07, 6.45) is 0.714. The minimum absolute atomic E-state index is 0.226. The highest BCUT2D eigenvalue weighted by Crippen LogP contribution is 2.30. The first kappa shape index (κ1) is 16.5. The number of aromatic nitrogens is 1. The van der Waals surface area contributed by atoms with Gasteiger partial charge in [-0.1, -0.05) is 0 Å². The van der Waals surface area contributed by atoms with Crippen molar-refractivity contribution < 1.29 is 22.6 Å². The number of nitrogens with zero attached hydrogens (tertiary/aromatic N) is 2. The highest BCUT2D eigenvalue weighted by molar-refractivity contribution is 5.40. The van der Waals surface area contributed by atoms with E-state index in [-0.39, 0.29) is 12.2 Å². The van der Waals surface area contributed by atoms with Crippen LogP contribution in [-0.4, -0.2) is 43.5 Å². The molecule has 3 rings (SSSR count). The van der Waals surface area contributed by atoms with Crippen molar-refractivity contribution >= 4 is 5.82 Å². The van der Waals surface area contributed by atoms with Crippen molar-refractivity contribution in [3.05, 3.63) is 23.9 Å². The van der Waals surface area contributed by atoms with Gasteiger partial charge in [-0.2, -0.15) is 13.2 Å². The van der Waals surface area contributed by atoms with Crippen LogP contribution in [-0.2, 0) is 15.7 Å². The van der Waals surface area contributed by atoms with Gasteiger partial charge in [0.15, 0.2) is 0 Å². The summed E-state index contributed by atoms with van der Waals surface area (Å²) in [5, 5.41) is 0. The van der Waals surface area contributed by atoms with Gasteiger partial charge in [-0.15, -0.1) is 0 Å². The van der Waals surface area contributed by atoms with E-state index in [1.54, 1.807) is 0 Å². The molecule has 2 fully saturated rings. The van der Waals surface area contributed by atoms with Gasteiger partial charge in [-0.25, -0.2) is 4.98 Å². The molecule has 1 aromatic heterocycles. The maximum Gasteiger partial charge on any atom is 0.417 e. The minimum atomic E-state index is -4.34. The van der Waals surface area contributed by atoms with Crippen LogP contribution in [0.2, 0.25) is 0 Å². The number of rotatable bonds is 3. The molecule has 0 atom stereocenters. The highest BCUT2D eigenvalue weighted by atomic mass is 19.4. The number of alkyl halides is 3. The first-order valence-corrected chi connectivity index (χ1v) is 8.04. The van der Waals surface area contributed by atoms with Gasteiger partial charge in [0.25, 0.3) is 0 Å². The summed E-state index contributed by atoms with van der Waals surface area (Å²) in [5.41, 5.74) is -0.709. The third-order valence-corrected chi connectivity index (χ3v) is 4.39. The van der Waals surface area contributed by atoms with Gasteiger partial charge in [-0.05, 0) is 37.8 Å². The van der Waals surface area contributed by atoms with Gasteiger partial charge in [0.05, 0.1) is 17.8 Å². The Morgan fingerprint density at radius 2 is 1.70 bits per heavy atom. The van der Waals surface area contributed by atoms with Crippen LogP contribution in [0, 0.1) is 0 Å². The van der Waals surface area contributed by atoms with Crippen LogP contribution in [0.1, 0.15) is 31.2 Å². The Morgan fingerprint density at radius 1 is 1.04 bits per heavy atom. The van der Waals surface area contributed by atoms with Crippen molar-refractivity contribution in [3.8, 4) is 0 Å². The summed E-state index contributed by atoms with van der Waals surface area (Å²) in [4.78, 5) is 5.98. The molecule has 23 heavy (non-hydrogen) atoms. The fourth-order valence-corrected chi connectivity index (χ4v) is 3.05. The standard InChI is InChI=1S/C16H21F3N2O2/c17-16(18,19)12-1-2-15(20-11-12)21-7-3-13(4-8-21)23-14-5-9-22-10-6-14/h1-2,11,13-14H,3-10H2. The van der Waals surface area contributed by atoms with Gasteiger partial charge in [0, 0.05) is 32.5 Å². The number of halogens is 3. The molecule has 0 aromatic carbocycles. The quantitative estimate of drug-likeness (QED) is 0.852. The van der Waals surface area contributed by atoms with E-state index in [2.05, 4.69) is 4.98 Å². The van der Waals surface area contributed by atoms with Gasteiger partial charge < -0.3 is 14.4 Å². The van der Waals surface area contributed by atoms with Crippen molar-refractivity contribution in [1.29, 1.82) is 0 Å². The summed E-state index contributed by atoms with van der Waals surface area (Å²) >= 11 is 0. The molecular weight excluding hydrogens is 309 g/mol. The third-order valence-electron chi connectivity index (χ3n) is 4.39. The fraction of sp³-hybridized carbons (Fsp3) is 0.688. The predicted molar refractivity (Wildman–Crippen MR) is 79.4 cm³/mol. The van der Waals surface area contributed by atoms with E-state index in [1.807, 2.05) is 4.90 Å². The van der Waals surface area contributed by atoms with Gasteiger partial charge in [-0.3, -0.25) is 0 Å². The van der Waals surface area contributed by atoms with Crippen LogP contribution in [0.4, 0.5) is 19.0 Å². The Balaban J connectivity index is 1.50. The lowest BCUT2D eigenvalue weighted by atomic mass is 10.1. The second-order valence-corrected chi connectivity index (χ2v) is 6.04. The first-order chi connectivity index (χ1) is 11.0. The molecule has 0 N–H and O–H groups in total. The number of ether oxygens (including phenoxy) is 2. The van der Waals surface area contributed by atoms with E-state index in [0.717, 1.165) is 64.2 Å². The predicted octanol–water partition coefficient (Wildman–Crippen LogP) is 3.26. The van der Waals surface area contributed by atoms with Crippen molar-refractivity contribution in [1.82, 2.24) is 4.98 Å². The van der Waals surface area contributed by atoms with E-state index in [1.165, 1.54) is 6.07 Å². The number of piperidine rings is 1. The summed E-state index contributed by atoms with van der Waals surface area (Å²) in [7, 11) is 0. The molecule has 7 heteroatoms. The van der Waals surface area contributed by atoms with E-state index < -0.39 is 11.7 Å². The number of hydrogen-bond donors (Lipinski definition) is 0. The zero-order valence-corrected chi connectivity index (χ0v) is 12.9. The lowest BCUT2D eigenvalue weighted by molar-refractivity contribution is -0.137. The average Bonchev–Trinajstić information content (AvgIpc) is 2.56. The normalized spacial score (nSPS) is 21.6. The molecule has 2 aliphatic heterocycles. The Kier molecular flexibility index (Phi) is 5.06. The second-order valence-electron chi connectivity index (χ2n) is 6.04. The summed E-state index contributed by atoms with van der Waals surface area (Å²) in [6, 6.07) is 2.54. The lowest BCUT2D eigenvalue weighted by Gasteiger charge is -2.35. The van der Waals surface area contributed by atoms with Crippen molar-refractivity contribution in [2.24, 2.45) is 0 Å². The second kappa shape index (κ2) is 7.05. The van der Waals surface area contributed by atoms with Crippen LogP contribution in [0.5, 0.6) is 0 Å². The molecule has 128 valence electrons. The fourth-order valence-electron chi connectivity index (χ4n) is 3.05. The Hall–Kier alpha value is -1.34. The summed E-state index contributed by atoms with van der Waals surface area (Å²) < 4.78 is 49.1. The zero-order valence-electron chi connectivity index (χ0n) is 12.9. The molecule has 0 radical (unpaired) electrons. The maximum atomic E-state index is 12.6. The maximum absolute atomic E-state index is 12.6. The van der Waals surface area contributed by atoms with E-state index >= 15 is 0 Å². The van der Waals surface area contributed by atoms with Crippen LogP contribution in [0.3, 0.4) is 0 Å². The number of pyridine rings is 1. The summed E-state index contributed by atoms with van der Waals surface area (Å²) in [6.45, 7) is 3.04. The SMILES string of the molecule is FC(F)(F)c1ccc(N2CCC(OC3CCOCC3)CC2)nc1. The molecular formula is C16H21F3N2O2. The molecule has 0 spiro atoms. The first-order valence-electron chi connectivity index (χ1n) is 8.04. The van der Waals surface area contributed by atoms with Crippen LogP contribution in [0.15, 0.2) is 18.3 Å². The summed E-state index contributed by atoms with van der Waals surface area (Å²) in [5.74, 6) is 0.600. The smallest absolute Gasteiger partial charge is 0.381 e. The molecule has 4 nitrogen and oxygen atoms in total. The Bertz CT molecular complexity index is 493. The molecule has 2 aliphatic rings. The van der Waals surface area contributed by atoms with Crippen LogP contribution in [0.25, 0.3) is 0 Å². The van der Waals surface area contributed by atoms with Crippen molar-refractivity contribution in [2.75, 3.05) is 31.2 Å². The van der Waals surface area contributed by atoms with Crippen molar-refractivity contribution in [2.45, 2.75) is 44.1 Å². The van der Waals surface area contributed by atoms with Gasteiger partial charge in [0.2, 0.25) is 0 Å². The topological polar surface area (TPSA) is 34.6 Å². The Morgan fingerprint density at radius 3 is 2.26 bits per heavy atom. The van der Waals surface area contributed by atoms with Crippen LogP contribution < -0.4 is 4.90 Å². The Labute approximate surface area is 133 Å². The molecule has 0 amide bonds. The zero-order chi connectivity index (χ0) is 16.3. The molecule has 2 saturated heterocycles. The van der Waals surface area contributed by atoms with E-state index in [0.29, 0.717) is 5.82 Å². The molecule has 1 aromatic rings. The number of hydrogen-bond acceptors (Lipinski definition) is 4.